The van der Waals surface area contributed by atoms with Crippen LogP contribution in [0.15, 0.2) is 42.7 Å². The van der Waals surface area contributed by atoms with Crippen molar-refractivity contribution < 1.29 is 14.3 Å². The van der Waals surface area contributed by atoms with Crippen LogP contribution in [-0.2, 0) is 9.53 Å². The Balaban J connectivity index is 1.91. The van der Waals surface area contributed by atoms with E-state index in [1.54, 1.807) is 24.3 Å². The zero-order chi connectivity index (χ0) is 15.2. The second-order valence-corrected chi connectivity index (χ2v) is 4.83. The summed E-state index contributed by atoms with van der Waals surface area (Å²) in [5.74, 6) is -1.15. The van der Waals surface area contributed by atoms with Gasteiger partial charge in [0.1, 0.15) is 0 Å². The van der Waals surface area contributed by atoms with Crippen LogP contribution in [0.4, 0.5) is 5.69 Å². The molecular weight excluding hydrogens is 315 g/mol. The molecule has 0 atom stereocenters. The quantitative estimate of drug-likeness (QED) is 0.877. The van der Waals surface area contributed by atoms with Crippen molar-refractivity contribution in [2.75, 3.05) is 11.9 Å². The van der Waals surface area contributed by atoms with E-state index in [-0.39, 0.29) is 5.56 Å². The molecule has 0 aliphatic heterocycles. The van der Waals surface area contributed by atoms with Crippen LogP contribution < -0.4 is 5.32 Å². The molecule has 0 aliphatic carbocycles. The van der Waals surface area contributed by atoms with Crippen LogP contribution in [0.2, 0.25) is 10.0 Å². The second-order valence-electron chi connectivity index (χ2n) is 3.99. The zero-order valence-corrected chi connectivity index (χ0v) is 12.2. The van der Waals surface area contributed by atoms with Crippen molar-refractivity contribution >= 4 is 40.8 Å². The molecule has 108 valence electrons. The number of anilines is 1. The minimum atomic E-state index is -0.629. The Morgan fingerprint density at radius 3 is 2.76 bits per heavy atom. The highest BCUT2D eigenvalue weighted by Crippen LogP contribution is 2.25. The minimum Gasteiger partial charge on any atom is -0.452 e. The molecule has 0 radical (unpaired) electrons. The molecule has 0 saturated heterocycles. The van der Waals surface area contributed by atoms with Crippen LogP contribution in [0.5, 0.6) is 0 Å². The second kappa shape index (κ2) is 7.06. The maximum absolute atomic E-state index is 11.7. The lowest BCUT2D eigenvalue weighted by Crippen LogP contribution is -2.21. The average Bonchev–Trinajstić information content (AvgIpc) is 2.49. The Bertz CT molecular complexity index is 663. The number of nitrogens with one attached hydrogen (secondary N) is 1. The van der Waals surface area contributed by atoms with E-state index < -0.39 is 18.5 Å². The summed E-state index contributed by atoms with van der Waals surface area (Å²) >= 11 is 11.7. The number of ether oxygens (including phenoxy) is 1. The molecule has 2 rings (SSSR count). The molecule has 0 spiro atoms. The summed E-state index contributed by atoms with van der Waals surface area (Å²) in [7, 11) is 0. The number of pyridine rings is 1. The van der Waals surface area contributed by atoms with Crippen LogP contribution in [0.3, 0.4) is 0 Å². The fraction of sp³-hybridized carbons (Fsp3) is 0.0714. The van der Waals surface area contributed by atoms with Crippen molar-refractivity contribution in [2.45, 2.75) is 0 Å². The predicted molar refractivity (Wildman–Crippen MR) is 79.6 cm³/mol. The van der Waals surface area contributed by atoms with Crippen molar-refractivity contribution in [1.29, 1.82) is 0 Å². The first kappa shape index (κ1) is 15.3. The fourth-order valence-electron chi connectivity index (χ4n) is 1.48. The number of esters is 1. The van der Waals surface area contributed by atoms with Gasteiger partial charge in [0.2, 0.25) is 0 Å². The third-order valence-corrected chi connectivity index (χ3v) is 3.00. The van der Waals surface area contributed by atoms with Crippen LogP contribution in [0, 0.1) is 0 Å². The molecule has 1 N–H and O–H groups in total. The molecule has 0 bridgehead atoms. The topological polar surface area (TPSA) is 68.3 Å². The maximum atomic E-state index is 11.7. The number of halogens is 2. The summed E-state index contributed by atoms with van der Waals surface area (Å²) in [6.07, 6.45) is 2.89. The van der Waals surface area contributed by atoms with Gasteiger partial charge >= 0.3 is 5.97 Å². The molecule has 1 amide bonds. The van der Waals surface area contributed by atoms with Gasteiger partial charge in [0.15, 0.2) is 6.61 Å². The lowest BCUT2D eigenvalue weighted by atomic mass is 10.3. The van der Waals surface area contributed by atoms with Gasteiger partial charge in [0.25, 0.3) is 5.91 Å². The third kappa shape index (κ3) is 4.44. The highest BCUT2D eigenvalue weighted by molar-refractivity contribution is 6.35. The number of amides is 1. The molecular formula is C14H10Cl2N2O3. The molecule has 0 fully saturated rings. The smallest absolute Gasteiger partial charge is 0.340 e. The van der Waals surface area contributed by atoms with Crippen molar-refractivity contribution in [3.8, 4) is 0 Å². The molecule has 1 aromatic carbocycles. The van der Waals surface area contributed by atoms with Gasteiger partial charge in [-0.1, -0.05) is 23.2 Å². The lowest BCUT2D eigenvalue weighted by Gasteiger charge is -2.08. The first-order chi connectivity index (χ1) is 10.1. The van der Waals surface area contributed by atoms with Crippen molar-refractivity contribution in [3.63, 3.8) is 0 Å². The monoisotopic (exact) mass is 324 g/mol. The molecule has 7 heteroatoms. The summed E-state index contributed by atoms with van der Waals surface area (Å²) in [4.78, 5) is 27.1. The van der Waals surface area contributed by atoms with Gasteiger partial charge in [-0.25, -0.2) is 4.79 Å². The molecule has 0 unspecified atom stereocenters. The third-order valence-electron chi connectivity index (χ3n) is 2.43. The highest BCUT2D eigenvalue weighted by Gasteiger charge is 2.11. The molecule has 0 aliphatic rings. The minimum absolute atomic E-state index is 0.270. The van der Waals surface area contributed by atoms with E-state index in [0.717, 1.165) is 0 Å². The molecule has 1 aromatic heterocycles. The first-order valence-corrected chi connectivity index (χ1v) is 6.64. The van der Waals surface area contributed by atoms with Crippen LogP contribution >= 0.6 is 23.2 Å². The SMILES string of the molecule is O=C(COC(=O)c1cccnc1)Nc1cc(Cl)ccc1Cl. The van der Waals surface area contributed by atoms with Crippen LogP contribution in [0.1, 0.15) is 10.4 Å². The van der Waals surface area contributed by atoms with E-state index in [9.17, 15) is 9.59 Å². The Morgan fingerprint density at radius 2 is 2.05 bits per heavy atom. The molecule has 1 heterocycles. The van der Waals surface area contributed by atoms with E-state index in [1.807, 2.05) is 0 Å². The van der Waals surface area contributed by atoms with Crippen LogP contribution in [-0.4, -0.2) is 23.5 Å². The number of hydrogen-bond donors (Lipinski definition) is 1. The summed E-state index contributed by atoms with van der Waals surface area (Å²) < 4.78 is 4.87. The summed E-state index contributed by atoms with van der Waals surface area (Å²) in [6.45, 7) is -0.434. The summed E-state index contributed by atoms with van der Waals surface area (Å²) in [6, 6.07) is 7.80. The van der Waals surface area contributed by atoms with E-state index in [4.69, 9.17) is 27.9 Å². The van der Waals surface area contributed by atoms with Gasteiger partial charge in [-0.2, -0.15) is 0 Å². The highest BCUT2D eigenvalue weighted by atomic mass is 35.5. The van der Waals surface area contributed by atoms with E-state index in [0.29, 0.717) is 15.7 Å². The van der Waals surface area contributed by atoms with Gasteiger partial charge in [-0.3, -0.25) is 9.78 Å². The zero-order valence-electron chi connectivity index (χ0n) is 10.7. The number of nitrogens with zero attached hydrogens (tertiary/aromatic N) is 1. The molecule has 5 nitrogen and oxygen atoms in total. The summed E-state index contributed by atoms with van der Waals surface area (Å²) in [5.41, 5.74) is 0.623. The van der Waals surface area contributed by atoms with Gasteiger partial charge in [-0.05, 0) is 30.3 Å². The summed E-state index contributed by atoms with van der Waals surface area (Å²) in [5, 5.41) is 3.28. The Morgan fingerprint density at radius 1 is 1.24 bits per heavy atom. The van der Waals surface area contributed by atoms with Crippen molar-refractivity contribution in [1.82, 2.24) is 4.98 Å². The standard InChI is InChI=1S/C14H10Cl2N2O3/c15-10-3-4-11(16)12(6-10)18-13(19)8-21-14(20)9-2-1-5-17-7-9/h1-7H,8H2,(H,18,19). The number of hydrogen-bond acceptors (Lipinski definition) is 4. The van der Waals surface area contributed by atoms with E-state index in [2.05, 4.69) is 10.3 Å². The van der Waals surface area contributed by atoms with E-state index >= 15 is 0 Å². The number of benzene rings is 1. The Kier molecular flexibility index (Phi) is 5.14. The number of carbonyl (C=O) groups is 2. The number of carbonyl (C=O) groups excluding carboxylic acids is 2. The predicted octanol–water partition coefficient (Wildman–Crippen LogP) is 3.18. The maximum Gasteiger partial charge on any atom is 0.340 e. The van der Waals surface area contributed by atoms with Crippen LogP contribution in [0.25, 0.3) is 0 Å². The van der Waals surface area contributed by atoms with Gasteiger partial charge in [-0.15, -0.1) is 0 Å². The lowest BCUT2D eigenvalue weighted by molar-refractivity contribution is -0.119. The Hall–Kier alpha value is -2.11. The first-order valence-electron chi connectivity index (χ1n) is 5.88. The van der Waals surface area contributed by atoms with Crippen molar-refractivity contribution in [3.05, 3.63) is 58.3 Å². The number of aromatic nitrogens is 1. The van der Waals surface area contributed by atoms with Gasteiger partial charge < -0.3 is 10.1 Å². The largest absolute Gasteiger partial charge is 0.452 e. The average molecular weight is 325 g/mol. The normalized spacial score (nSPS) is 10.0. The Labute approximate surface area is 130 Å². The molecule has 21 heavy (non-hydrogen) atoms. The molecule has 2 aromatic rings. The van der Waals surface area contributed by atoms with E-state index in [1.165, 1.54) is 18.5 Å². The molecule has 0 saturated carbocycles. The number of rotatable bonds is 4. The van der Waals surface area contributed by atoms with Crippen molar-refractivity contribution in [2.24, 2.45) is 0 Å². The van der Waals surface area contributed by atoms with Gasteiger partial charge in [0, 0.05) is 17.4 Å². The van der Waals surface area contributed by atoms with Gasteiger partial charge in [0.05, 0.1) is 16.3 Å². The fourth-order valence-corrected chi connectivity index (χ4v) is 1.81.